The van der Waals surface area contributed by atoms with Crippen molar-refractivity contribution >= 4 is 32.3 Å². The number of ether oxygens (including phenoxy) is 3. The van der Waals surface area contributed by atoms with E-state index < -0.39 is 0 Å². The van der Waals surface area contributed by atoms with Crippen molar-refractivity contribution < 1.29 is 14.2 Å². The van der Waals surface area contributed by atoms with Crippen molar-refractivity contribution in [3.8, 4) is 28.4 Å². The molecule has 0 fully saturated rings. The second-order valence-corrected chi connectivity index (χ2v) is 12.6. The van der Waals surface area contributed by atoms with E-state index in [0.717, 1.165) is 83.8 Å². The molecule has 0 spiro atoms. The molecule has 0 heterocycles. The minimum atomic E-state index is 0.441. The topological polar surface area (TPSA) is 27.7 Å². The Morgan fingerprint density at radius 3 is 1.40 bits per heavy atom. The van der Waals surface area contributed by atoms with E-state index in [4.69, 9.17) is 14.2 Å². The van der Waals surface area contributed by atoms with E-state index in [0.29, 0.717) is 19.8 Å². The van der Waals surface area contributed by atoms with Crippen LogP contribution in [0.25, 0.3) is 43.4 Å². The minimum Gasteiger partial charge on any atom is -0.488 e. The van der Waals surface area contributed by atoms with Gasteiger partial charge in [-0.1, -0.05) is 159 Å². The molecule has 244 valence electrons. The summed E-state index contributed by atoms with van der Waals surface area (Å²) in [6, 6.07) is 57.0. The first kappa shape index (κ1) is 31.2. The van der Waals surface area contributed by atoms with E-state index in [1.807, 2.05) is 30.3 Å². The van der Waals surface area contributed by atoms with Gasteiger partial charge in [-0.2, -0.15) is 0 Å². The van der Waals surface area contributed by atoms with Crippen LogP contribution in [0.4, 0.5) is 0 Å². The van der Waals surface area contributed by atoms with Crippen LogP contribution < -0.4 is 14.2 Å². The normalized spacial score (nSPS) is 11.2. The quantitative estimate of drug-likeness (QED) is 0.130. The average Bonchev–Trinajstić information content (AvgIpc) is 3.19. The summed E-state index contributed by atoms with van der Waals surface area (Å²) in [4.78, 5) is 0. The molecule has 0 amide bonds. The Kier molecular flexibility index (Phi) is 8.87. The van der Waals surface area contributed by atoms with Crippen LogP contribution in [0.5, 0.6) is 17.2 Å². The summed E-state index contributed by atoms with van der Waals surface area (Å²) in [6.07, 6.45) is 0.926. The van der Waals surface area contributed by atoms with Crippen molar-refractivity contribution in [2.75, 3.05) is 0 Å². The molecule has 0 aliphatic heterocycles. The number of benzene rings is 8. The van der Waals surface area contributed by atoms with E-state index in [-0.39, 0.29) is 0 Å². The first-order valence-corrected chi connectivity index (χ1v) is 17.3. The molecule has 8 aromatic rings. The Morgan fingerprint density at radius 2 is 0.820 bits per heavy atom. The molecule has 0 aliphatic carbocycles. The van der Waals surface area contributed by atoms with Gasteiger partial charge in [0.2, 0.25) is 0 Å². The van der Waals surface area contributed by atoms with Crippen LogP contribution >= 0.6 is 0 Å². The highest BCUT2D eigenvalue weighted by atomic mass is 16.5. The smallest absolute Gasteiger partial charge is 0.135 e. The Balaban J connectivity index is 1.38. The van der Waals surface area contributed by atoms with E-state index in [9.17, 15) is 0 Å². The van der Waals surface area contributed by atoms with Crippen LogP contribution in [0.2, 0.25) is 0 Å². The molecule has 8 rings (SSSR count). The lowest BCUT2D eigenvalue weighted by Crippen LogP contribution is -2.02. The summed E-state index contributed by atoms with van der Waals surface area (Å²) in [6.45, 7) is 3.58. The van der Waals surface area contributed by atoms with Crippen molar-refractivity contribution in [2.45, 2.75) is 33.2 Å². The molecule has 0 N–H and O–H groups in total. The van der Waals surface area contributed by atoms with Gasteiger partial charge in [0.25, 0.3) is 0 Å². The molecule has 0 saturated carbocycles. The van der Waals surface area contributed by atoms with E-state index in [2.05, 4.69) is 140 Å². The molecular formula is C47H38O3. The highest BCUT2D eigenvalue weighted by molar-refractivity contribution is 6.19. The lowest BCUT2D eigenvalue weighted by molar-refractivity contribution is 0.304. The zero-order chi connectivity index (χ0) is 33.7. The van der Waals surface area contributed by atoms with Crippen LogP contribution in [0.3, 0.4) is 0 Å². The number of hydrogen-bond acceptors (Lipinski definition) is 3. The third-order valence-corrected chi connectivity index (χ3v) is 9.36. The Morgan fingerprint density at radius 1 is 0.360 bits per heavy atom. The Labute approximate surface area is 293 Å². The summed E-state index contributed by atoms with van der Waals surface area (Å²) in [5, 5.41) is 6.38. The van der Waals surface area contributed by atoms with Gasteiger partial charge in [0, 0.05) is 32.7 Å². The number of aryl methyl sites for hydroxylation is 1. The molecule has 0 aliphatic rings. The van der Waals surface area contributed by atoms with E-state index >= 15 is 0 Å². The molecule has 0 bridgehead atoms. The first-order valence-electron chi connectivity index (χ1n) is 17.3. The van der Waals surface area contributed by atoms with Gasteiger partial charge >= 0.3 is 0 Å². The van der Waals surface area contributed by atoms with E-state index in [1.165, 1.54) is 5.56 Å². The second-order valence-electron chi connectivity index (χ2n) is 12.6. The average molecular weight is 651 g/mol. The summed E-state index contributed by atoms with van der Waals surface area (Å²) in [5.74, 6) is 2.55. The summed E-state index contributed by atoms with van der Waals surface area (Å²) in [7, 11) is 0. The van der Waals surface area contributed by atoms with Gasteiger partial charge in [0.15, 0.2) is 0 Å². The van der Waals surface area contributed by atoms with E-state index in [1.54, 1.807) is 0 Å². The maximum atomic E-state index is 6.90. The fourth-order valence-electron chi connectivity index (χ4n) is 6.82. The molecule has 0 unspecified atom stereocenters. The predicted molar refractivity (Wildman–Crippen MR) is 206 cm³/mol. The molecule has 3 heteroatoms. The molecule has 0 radical (unpaired) electrons. The Hall–Kier alpha value is -6.06. The van der Waals surface area contributed by atoms with Gasteiger partial charge in [-0.25, -0.2) is 0 Å². The number of fused-ring (bicyclic) bond motifs is 3. The molecular weight excluding hydrogens is 613 g/mol. The van der Waals surface area contributed by atoms with Crippen molar-refractivity contribution in [3.63, 3.8) is 0 Å². The molecule has 0 saturated heterocycles. The van der Waals surface area contributed by atoms with Crippen LogP contribution in [0.15, 0.2) is 164 Å². The number of rotatable bonds is 11. The number of hydrogen-bond donors (Lipinski definition) is 0. The standard InChI is InChI=1S/C47H38O3/c1-2-33-26-27-39-42(28-33)46(49-31-35-18-8-4-9-19-35)41-25-15-13-23-38(41)45(39)43-29-44(48-30-34-16-6-3-7-17-34)37-22-12-14-24-40(37)47(43)50-32-36-20-10-5-11-21-36/h3-29H,2,30-32H2,1H3. The third-order valence-electron chi connectivity index (χ3n) is 9.36. The lowest BCUT2D eigenvalue weighted by atomic mass is 9.88. The lowest BCUT2D eigenvalue weighted by Gasteiger charge is -2.22. The van der Waals surface area contributed by atoms with Gasteiger partial charge in [-0.3, -0.25) is 0 Å². The van der Waals surface area contributed by atoms with Gasteiger partial charge in [-0.15, -0.1) is 0 Å². The molecule has 0 atom stereocenters. The highest BCUT2D eigenvalue weighted by Crippen LogP contribution is 2.50. The molecule has 50 heavy (non-hydrogen) atoms. The van der Waals surface area contributed by atoms with Gasteiger partial charge in [0.05, 0.1) is 0 Å². The molecule has 0 aromatic heterocycles. The zero-order valence-electron chi connectivity index (χ0n) is 28.1. The third kappa shape index (κ3) is 6.26. The molecule has 3 nitrogen and oxygen atoms in total. The fourth-order valence-corrected chi connectivity index (χ4v) is 6.82. The molecule has 8 aromatic carbocycles. The van der Waals surface area contributed by atoms with Crippen molar-refractivity contribution in [2.24, 2.45) is 0 Å². The first-order chi connectivity index (χ1) is 24.8. The maximum absolute atomic E-state index is 6.90. The van der Waals surface area contributed by atoms with Gasteiger partial charge < -0.3 is 14.2 Å². The highest BCUT2D eigenvalue weighted by Gasteiger charge is 2.23. The van der Waals surface area contributed by atoms with Crippen LogP contribution in [-0.2, 0) is 26.2 Å². The zero-order valence-corrected chi connectivity index (χ0v) is 28.1. The van der Waals surface area contributed by atoms with Crippen molar-refractivity contribution in [1.82, 2.24) is 0 Å². The summed E-state index contributed by atoms with van der Waals surface area (Å²) in [5.41, 5.74) is 6.71. The van der Waals surface area contributed by atoms with Gasteiger partial charge in [-0.05, 0) is 51.6 Å². The van der Waals surface area contributed by atoms with Crippen molar-refractivity contribution in [1.29, 1.82) is 0 Å². The van der Waals surface area contributed by atoms with Crippen LogP contribution in [0.1, 0.15) is 29.2 Å². The predicted octanol–water partition coefficient (Wildman–Crippen LogP) is 12.1. The van der Waals surface area contributed by atoms with Crippen LogP contribution in [-0.4, -0.2) is 0 Å². The summed E-state index contributed by atoms with van der Waals surface area (Å²) < 4.78 is 20.3. The van der Waals surface area contributed by atoms with Crippen molar-refractivity contribution in [3.05, 3.63) is 186 Å². The maximum Gasteiger partial charge on any atom is 0.135 e. The summed E-state index contributed by atoms with van der Waals surface area (Å²) >= 11 is 0. The second kappa shape index (κ2) is 14.2. The van der Waals surface area contributed by atoms with Gasteiger partial charge in [0.1, 0.15) is 37.1 Å². The fraction of sp³-hybridized carbons (Fsp3) is 0.106. The Bertz CT molecular complexity index is 2400. The minimum absolute atomic E-state index is 0.441. The van der Waals surface area contributed by atoms with Crippen LogP contribution in [0, 0.1) is 0 Å². The SMILES string of the molecule is CCc1ccc2c(-c3cc(OCc4ccccc4)c4ccccc4c3OCc3ccccc3)c3ccccc3c(OCc3ccccc3)c2c1. The largest absolute Gasteiger partial charge is 0.488 e. The monoisotopic (exact) mass is 650 g/mol.